The summed E-state index contributed by atoms with van der Waals surface area (Å²) in [5.41, 5.74) is 0. The standard InChI is InChI=1S/C12H18O/c1-13-12-10-3-2-4-11(12)9-6-5-8(10)7-9/h5-6,8-12H,2-4,7H2,1H3. The zero-order valence-corrected chi connectivity index (χ0v) is 8.28. The predicted molar refractivity (Wildman–Crippen MR) is 52.4 cm³/mol. The number of hydrogen-bond donors (Lipinski definition) is 0. The summed E-state index contributed by atoms with van der Waals surface area (Å²) in [6, 6.07) is 0. The molecule has 0 radical (unpaired) electrons. The van der Waals surface area contributed by atoms with Crippen LogP contribution >= 0.6 is 0 Å². The van der Waals surface area contributed by atoms with Crippen molar-refractivity contribution < 1.29 is 4.74 Å². The zero-order chi connectivity index (χ0) is 8.84. The maximum Gasteiger partial charge on any atom is 0.0638 e. The Labute approximate surface area is 80.2 Å². The largest absolute Gasteiger partial charge is 0.381 e. The lowest BCUT2D eigenvalue weighted by Gasteiger charge is -2.46. The molecule has 13 heavy (non-hydrogen) atoms. The molecule has 3 rings (SSSR count). The number of ether oxygens (including phenoxy) is 1. The Morgan fingerprint density at radius 2 is 1.69 bits per heavy atom. The summed E-state index contributed by atoms with van der Waals surface area (Å²) in [5.74, 6) is 3.40. The van der Waals surface area contributed by atoms with Crippen LogP contribution in [0, 0.1) is 23.7 Å². The molecule has 0 N–H and O–H groups in total. The van der Waals surface area contributed by atoms with Gasteiger partial charge >= 0.3 is 0 Å². The third-order valence-electron chi connectivity index (χ3n) is 4.44. The second kappa shape index (κ2) is 2.84. The van der Waals surface area contributed by atoms with Gasteiger partial charge in [-0.3, -0.25) is 0 Å². The molecule has 0 aromatic rings. The lowest BCUT2D eigenvalue weighted by molar-refractivity contribution is -0.0717. The fraction of sp³-hybridized carbons (Fsp3) is 0.833. The third kappa shape index (κ3) is 1.03. The number of rotatable bonds is 1. The molecule has 4 bridgehead atoms. The number of hydrogen-bond acceptors (Lipinski definition) is 1. The molecule has 2 saturated carbocycles. The quantitative estimate of drug-likeness (QED) is 0.561. The summed E-state index contributed by atoms with van der Waals surface area (Å²) in [6.07, 6.45) is 11.2. The Balaban J connectivity index is 1.93. The van der Waals surface area contributed by atoms with Crippen molar-refractivity contribution in [1.29, 1.82) is 0 Å². The maximum absolute atomic E-state index is 5.70. The lowest BCUT2D eigenvalue weighted by Crippen LogP contribution is -2.44. The van der Waals surface area contributed by atoms with E-state index >= 15 is 0 Å². The van der Waals surface area contributed by atoms with Crippen LogP contribution in [-0.2, 0) is 4.74 Å². The fourth-order valence-corrected chi connectivity index (χ4v) is 3.89. The lowest BCUT2D eigenvalue weighted by atomic mass is 9.63. The molecule has 4 atom stereocenters. The van der Waals surface area contributed by atoms with Gasteiger partial charge < -0.3 is 4.74 Å². The average Bonchev–Trinajstić information content (AvgIpc) is 2.61. The summed E-state index contributed by atoms with van der Waals surface area (Å²) in [5, 5.41) is 0. The van der Waals surface area contributed by atoms with Gasteiger partial charge in [0.05, 0.1) is 6.10 Å². The minimum Gasteiger partial charge on any atom is -0.381 e. The summed E-state index contributed by atoms with van der Waals surface area (Å²) >= 11 is 0. The highest BCUT2D eigenvalue weighted by Crippen LogP contribution is 2.51. The SMILES string of the molecule is COC1C2CCCC1C1C=CC2C1. The Hall–Kier alpha value is -0.300. The molecule has 1 heteroatoms. The Morgan fingerprint density at radius 3 is 2.23 bits per heavy atom. The minimum atomic E-state index is 0.576. The van der Waals surface area contributed by atoms with Crippen LogP contribution < -0.4 is 0 Å². The first-order valence-corrected chi connectivity index (χ1v) is 5.61. The first kappa shape index (κ1) is 8.05. The molecule has 0 saturated heterocycles. The van der Waals surface area contributed by atoms with E-state index in [1.165, 1.54) is 25.7 Å². The van der Waals surface area contributed by atoms with Crippen LogP contribution in [-0.4, -0.2) is 13.2 Å². The fourth-order valence-electron chi connectivity index (χ4n) is 3.89. The highest BCUT2D eigenvalue weighted by atomic mass is 16.5. The van der Waals surface area contributed by atoms with Gasteiger partial charge in [0.15, 0.2) is 0 Å². The molecule has 0 aromatic heterocycles. The molecular formula is C12H18O. The Morgan fingerprint density at radius 1 is 1.08 bits per heavy atom. The van der Waals surface area contributed by atoms with E-state index in [4.69, 9.17) is 4.74 Å². The highest BCUT2D eigenvalue weighted by molar-refractivity contribution is 5.13. The molecule has 72 valence electrons. The molecule has 3 aliphatic rings. The van der Waals surface area contributed by atoms with Gasteiger partial charge in [-0.05, 0) is 42.9 Å². The summed E-state index contributed by atoms with van der Waals surface area (Å²) in [6.45, 7) is 0. The van der Waals surface area contributed by atoms with Gasteiger partial charge in [-0.1, -0.05) is 18.6 Å². The van der Waals surface area contributed by atoms with Crippen LogP contribution in [0.1, 0.15) is 25.7 Å². The predicted octanol–water partition coefficient (Wildman–Crippen LogP) is 2.62. The van der Waals surface area contributed by atoms with Crippen molar-refractivity contribution in [1.82, 2.24) is 0 Å². The molecule has 3 aliphatic carbocycles. The van der Waals surface area contributed by atoms with E-state index in [-0.39, 0.29) is 0 Å². The van der Waals surface area contributed by atoms with Crippen LogP contribution in [0.2, 0.25) is 0 Å². The van der Waals surface area contributed by atoms with Gasteiger partial charge in [0, 0.05) is 7.11 Å². The first-order valence-electron chi connectivity index (χ1n) is 5.61. The van der Waals surface area contributed by atoms with Gasteiger partial charge in [0.25, 0.3) is 0 Å². The molecule has 0 amide bonds. The smallest absolute Gasteiger partial charge is 0.0638 e. The van der Waals surface area contributed by atoms with Crippen molar-refractivity contribution in [2.75, 3.05) is 7.11 Å². The first-order chi connectivity index (χ1) is 6.40. The molecule has 4 unspecified atom stereocenters. The third-order valence-corrected chi connectivity index (χ3v) is 4.44. The number of allylic oxidation sites excluding steroid dienone is 2. The summed E-state index contributed by atoms with van der Waals surface area (Å²) < 4.78 is 5.70. The molecule has 0 spiro atoms. The monoisotopic (exact) mass is 178 g/mol. The van der Waals surface area contributed by atoms with E-state index in [1.807, 2.05) is 7.11 Å². The maximum atomic E-state index is 5.70. The summed E-state index contributed by atoms with van der Waals surface area (Å²) in [4.78, 5) is 0. The van der Waals surface area contributed by atoms with Crippen LogP contribution in [0.15, 0.2) is 12.2 Å². The van der Waals surface area contributed by atoms with Crippen molar-refractivity contribution in [3.63, 3.8) is 0 Å². The number of fused-ring (bicyclic) bond motifs is 6. The average molecular weight is 178 g/mol. The van der Waals surface area contributed by atoms with Gasteiger partial charge in [0.1, 0.15) is 0 Å². The van der Waals surface area contributed by atoms with Crippen LogP contribution in [0.5, 0.6) is 0 Å². The van der Waals surface area contributed by atoms with E-state index in [0.717, 1.165) is 23.7 Å². The van der Waals surface area contributed by atoms with Gasteiger partial charge in [-0.25, -0.2) is 0 Å². The van der Waals surface area contributed by atoms with Crippen molar-refractivity contribution in [2.45, 2.75) is 31.8 Å². The van der Waals surface area contributed by atoms with Gasteiger partial charge in [-0.2, -0.15) is 0 Å². The second-order valence-corrected chi connectivity index (χ2v) is 4.91. The normalized spacial score (nSPS) is 52.5. The molecule has 0 aliphatic heterocycles. The molecule has 2 fully saturated rings. The van der Waals surface area contributed by atoms with E-state index in [1.54, 1.807) is 0 Å². The van der Waals surface area contributed by atoms with Crippen molar-refractivity contribution in [2.24, 2.45) is 23.7 Å². The van der Waals surface area contributed by atoms with Crippen molar-refractivity contribution in [3.05, 3.63) is 12.2 Å². The van der Waals surface area contributed by atoms with E-state index < -0.39 is 0 Å². The van der Waals surface area contributed by atoms with E-state index in [9.17, 15) is 0 Å². The Kier molecular flexibility index (Phi) is 1.76. The van der Waals surface area contributed by atoms with Crippen molar-refractivity contribution >= 4 is 0 Å². The van der Waals surface area contributed by atoms with Gasteiger partial charge in [-0.15, -0.1) is 0 Å². The molecule has 0 aromatic carbocycles. The molecule has 1 nitrogen and oxygen atoms in total. The van der Waals surface area contributed by atoms with Crippen LogP contribution in [0.4, 0.5) is 0 Å². The van der Waals surface area contributed by atoms with Gasteiger partial charge in [0.2, 0.25) is 0 Å². The van der Waals surface area contributed by atoms with Crippen LogP contribution in [0.3, 0.4) is 0 Å². The van der Waals surface area contributed by atoms with E-state index in [2.05, 4.69) is 12.2 Å². The number of methoxy groups -OCH3 is 1. The summed E-state index contributed by atoms with van der Waals surface area (Å²) in [7, 11) is 1.90. The Bertz CT molecular complexity index is 213. The topological polar surface area (TPSA) is 9.23 Å². The minimum absolute atomic E-state index is 0.576. The zero-order valence-electron chi connectivity index (χ0n) is 8.28. The van der Waals surface area contributed by atoms with Crippen LogP contribution in [0.25, 0.3) is 0 Å². The molecular weight excluding hydrogens is 160 g/mol. The van der Waals surface area contributed by atoms with E-state index in [0.29, 0.717) is 6.10 Å². The van der Waals surface area contributed by atoms with Crippen molar-refractivity contribution in [3.8, 4) is 0 Å². The molecule has 0 heterocycles. The highest BCUT2D eigenvalue weighted by Gasteiger charge is 2.47. The second-order valence-electron chi connectivity index (χ2n) is 4.91.